The van der Waals surface area contributed by atoms with Gasteiger partial charge in [0.05, 0.1) is 0 Å². The molecular weight excluding hydrogens is 308 g/mol. The summed E-state index contributed by atoms with van der Waals surface area (Å²) >= 11 is 9.88. The van der Waals surface area contributed by atoms with Crippen molar-refractivity contribution >= 4 is 27.5 Å². The number of halogens is 2. The fourth-order valence-corrected chi connectivity index (χ4v) is 2.78. The molecule has 0 nitrogen and oxygen atoms in total. The molecule has 18 heavy (non-hydrogen) atoms. The standard InChI is InChI=1S/C16H16BrCl/c1-12-6-4-9-14(16(12)18)10-5-8-13-7-2-3-11-15(13)17/h2-4,6-7,9,11H,5,8,10H2,1H3. The van der Waals surface area contributed by atoms with Gasteiger partial charge in [0.25, 0.3) is 0 Å². The van der Waals surface area contributed by atoms with Crippen molar-refractivity contribution in [3.05, 3.63) is 68.7 Å². The average Bonchev–Trinajstić information content (AvgIpc) is 2.37. The second kappa shape index (κ2) is 6.40. The summed E-state index contributed by atoms with van der Waals surface area (Å²) in [6.07, 6.45) is 3.22. The molecule has 0 fully saturated rings. The normalized spacial score (nSPS) is 10.6. The molecule has 0 bridgehead atoms. The number of hydrogen-bond acceptors (Lipinski definition) is 0. The maximum atomic E-state index is 6.30. The average molecular weight is 324 g/mol. The van der Waals surface area contributed by atoms with Crippen LogP contribution in [0.15, 0.2) is 46.9 Å². The number of aryl methyl sites for hydroxylation is 3. The molecule has 0 radical (unpaired) electrons. The Bertz CT molecular complexity index is 534. The lowest BCUT2D eigenvalue weighted by Crippen LogP contribution is -1.93. The van der Waals surface area contributed by atoms with Gasteiger partial charge >= 0.3 is 0 Å². The van der Waals surface area contributed by atoms with Gasteiger partial charge in [-0.3, -0.25) is 0 Å². The Morgan fingerprint density at radius 2 is 1.61 bits per heavy atom. The minimum atomic E-state index is 0.921. The summed E-state index contributed by atoms with van der Waals surface area (Å²) in [5.74, 6) is 0. The summed E-state index contributed by atoms with van der Waals surface area (Å²) < 4.78 is 1.19. The van der Waals surface area contributed by atoms with E-state index in [9.17, 15) is 0 Å². The summed E-state index contributed by atoms with van der Waals surface area (Å²) in [5, 5.41) is 0.921. The van der Waals surface area contributed by atoms with Crippen LogP contribution >= 0.6 is 27.5 Å². The second-order valence-electron chi connectivity index (χ2n) is 4.49. The second-order valence-corrected chi connectivity index (χ2v) is 5.73. The summed E-state index contributed by atoms with van der Waals surface area (Å²) in [7, 11) is 0. The minimum absolute atomic E-state index is 0.921. The third-order valence-electron chi connectivity index (χ3n) is 3.12. The highest BCUT2D eigenvalue weighted by Crippen LogP contribution is 2.23. The Balaban J connectivity index is 1.97. The van der Waals surface area contributed by atoms with Gasteiger partial charge in [-0.15, -0.1) is 0 Å². The zero-order valence-corrected chi connectivity index (χ0v) is 12.8. The lowest BCUT2D eigenvalue weighted by Gasteiger charge is -2.07. The molecule has 0 N–H and O–H groups in total. The van der Waals surface area contributed by atoms with Crippen LogP contribution < -0.4 is 0 Å². The summed E-state index contributed by atoms with van der Waals surface area (Å²) in [6, 6.07) is 14.6. The Labute approximate surface area is 122 Å². The quantitative estimate of drug-likeness (QED) is 0.688. The molecule has 0 aliphatic carbocycles. The molecule has 0 aliphatic rings. The largest absolute Gasteiger partial charge is 0.0838 e. The van der Waals surface area contributed by atoms with Gasteiger partial charge in [-0.1, -0.05) is 63.9 Å². The fourth-order valence-electron chi connectivity index (χ4n) is 2.07. The van der Waals surface area contributed by atoms with Crippen LogP contribution in [0.25, 0.3) is 0 Å². The van der Waals surface area contributed by atoms with Crippen molar-refractivity contribution in [3.63, 3.8) is 0 Å². The zero-order chi connectivity index (χ0) is 13.0. The first-order valence-corrected chi connectivity index (χ1v) is 7.33. The molecule has 0 amide bonds. The third-order valence-corrected chi connectivity index (χ3v) is 4.44. The van der Waals surface area contributed by atoms with Crippen LogP contribution in [0, 0.1) is 6.92 Å². The minimum Gasteiger partial charge on any atom is -0.0838 e. The van der Waals surface area contributed by atoms with E-state index in [0.717, 1.165) is 29.8 Å². The van der Waals surface area contributed by atoms with Gasteiger partial charge in [-0.05, 0) is 48.9 Å². The van der Waals surface area contributed by atoms with E-state index < -0.39 is 0 Å². The van der Waals surface area contributed by atoms with E-state index in [-0.39, 0.29) is 0 Å². The Morgan fingerprint density at radius 3 is 2.39 bits per heavy atom. The topological polar surface area (TPSA) is 0 Å². The Hall–Kier alpha value is -0.790. The first-order valence-electron chi connectivity index (χ1n) is 6.16. The molecule has 94 valence electrons. The van der Waals surface area contributed by atoms with Crippen molar-refractivity contribution in [1.29, 1.82) is 0 Å². The summed E-state index contributed by atoms with van der Waals surface area (Å²) in [5.41, 5.74) is 3.78. The molecule has 0 spiro atoms. The number of rotatable bonds is 4. The van der Waals surface area contributed by atoms with E-state index >= 15 is 0 Å². The Morgan fingerprint density at radius 1 is 0.944 bits per heavy atom. The van der Waals surface area contributed by atoms with E-state index in [1.165, 1.54) is 15.6 Å². The molecule has 0 atom stereocenters. The first-order chi connectivity index (χ1) is 8.68. The van der Waals surface area contributed by atoms with Gasteiger partial charge in [0.1, 0.15) is 0 Å². The van der Waals surface area contributed by atoms with Gasteiger partial charge < -0.3 is 0 Å². The molecule has 0 aromatic heterocycles. The molecule has 2 aromatic rings. The highest BCUT2D eigenvalue weighted by Gasteiger charge is 2.04. The van der Waals surface area contributed by atoms with E-state index in [1.807, 2.05) is 6.07 Å². The van der Waals surface area contributed by atoms with Gasteiger partial charge in [0.2, 0.25) is 0 Å². The predicted molar refractivity (Wildman–Crippen MR) is 82.4 cm³/mol. The number of hydrogen-bond donors (Lipinski definition) is 0. The smallest absolute Gasteiger partial charge is 0.0467 e. The zero-order valence-electron chi connectivity index (χ0n) is 10.4. The van der Waals surface area contributed by atoms with Crippen LogP contribution in [-0.2, 0) is 12.8 Å². The summed E-state index contributed by atoms with van der Waals surface area (Å²) in [6.45, 7) is 2.06. The lowest BCUT2D eigenvalue weighted by atomic mass is 10.0. The van der Waals surface area contributed by atoms with E-state index in [1.54, 1.807) is 0 Å². The molecule has 0 saturated carbocycles. The number of benzene rings is 2. The Kier molecular flexibility index (Phi) is 4.85. The molecule has 0 heterocycles. The van der Waals surface area contributed by atoms with Gasteiger partial charge in [-0.25, -0.2) is 0 Å². The fraction of sp³-hybridized carbons (Fsp3) is 0.250. The van der Waals surface area contributed by atoms with E-state index in [4.69, 9.17) is 11.6 Å². The van der Waals surface area contributed by atoms with E-state index in [0.29, 0.717) is 0 Å². The molecule has 2 heteroatoms. The van der Waals surface area contributed by atoms with Gasteiger partial charge in [-0.2, -0.15) is 0 Å². The third kappa shape index (κ3) is 3.37. The van der Waals surface area contributed by atoms with Gasteiger partial charge in [0, 0.05) is 9.50 Å². The van der Waals surface area contributed by atoms with Crippen LogP contribution in [0.3, 0.4) is 0 Å². The van der Waals surface area contributed by atoms with Crippen molar-refractivity contribution in [1.82, 2.24) is 0 Å². The van der Waals surface area contributed by atoms with Crippen molar-refractivity contribution in [3.8, 4) is 0 Å². The molecule has 0 unspecified atom stereocenters. The van der Waals surface area contributed by atoms with Crippen LogP contribution in [-0.4, -0.2) is 0 Å². The van der Waals surface area contributed by atoms with Crippen molar-refractivity contribution in [2.45, 2.75) is 26.2 Å². The highest BCUT2D eigenvalue weighted by atomic mass is 79.9. The molecular formula is C16H16BrCl. The van der Waals surface area contributed by atoms with Crippen LogP contribution in [0.4, 0.5) is 0 Å². The van der Waals surface area contributed by atoms with Crippen LogP contribution in [0.5, 0.6) is 0 Å². The predicted octanol–water partition coefficient (Wildman–Crippen LogP) is 5.59. The molecule has 2 aromatic carbocycles. The van der Waals surface area contributed by atoms with Crippen molar-refractivity contribution < 1.29 is 0 Å². The van der Waals surface area contributed by atoms with Crippen molar-refractivity contribution in [2.24, 2.45) is 0 Å². The van der Waals surface area contributed by atoms with Gasteiger partial charge in [0.15, 0.2) is 0 Å². The summed E-state index contributed by atoms with van der Waals surface area (Å²) in [4.78, 5) is 0. The van der Waals surface area contributed by atoms with Crippen LogP contribution in [0.1, 0.15) is 23.1 Å². The monoisotopic (exact) mass is 322 g/mol. The maximum absolute atomic E-state index is 6.30. The molecule has 0 aliphatic heterocycles. The van der Waals surface area contributed by atoms with Crippen LogP contribution in [0.2, 0.25) is 5.02 Å². The van der Waals surface area contributed by atoms with Crippen molar-refractivity contribution in [2.75, 3.05) is 0 Å². The SMILES string of the molecule is Cc1cccc(CCCc2ccccc2Br)c1Cl. The molecule has 0 saturated heterocycles. The van der Waals surface area contributed by atoms with E-state index in [2.05, 4.69) is 59.3 Å². The first kappa shape index (κ1) is 13.6. The lowest BCUT2D eigenvalue weighted by molar-refractivity contribution is 0.817. The molecule has 2 rings (SSSR count). The maximum Gasteiger partial charge on any atom is 0.0467 e. The highest BCUT2D eigenvalue weighted by molar-refractivity contribution is 9.10.